The number of morpholine rings is 1. The number of carbonyl (C=O) groups is 1. The number of rotatable bonds is 5. The second-order valence-electron chi connectivity index (χ2n) is 5.60. The molecule has 6 heteroatoms. The van der Waals surface area contributed by atoms with Gasteiger partial charge in [0, 0.05) is 32.0 Å². The molecule has 2 rings (SSSR count). The molecule has 1 aliphatic rings. The fraction of sp³-hybridized carbons (Fsp3) is 0.600. The van der Waals surface area contributed by atoms with Crippen molar-refractivity contribution in [2.45, 2.75) is 20.0 Å². The normalized spacial score (nSPS) is 19.7. The summed E-state index contributed by atoms with van der Waals surface area (Å²) in [5.74, 6) is 0.175. The summed E-state index contributed by atoms with van der Waals surface area (Å²) in [6, 6.07) is 1.55. The van der Waals surface area contributed by atoms with Crippen molar-refractivity contribution in [1.29, 1.82) is 0 Å². The van der Waals surface area contributed by atoms with Crippen LogP contribution in [0.3, 0.4) is 0 Å². The Morgan fingerprint density at radius 2 is 2.43 bits per heavy atom. The van der Waals surface area contributed by atoms with Crippen LogP contribution in [0.4, 0.5) is 0 Å². The highest BCUT2D eigenvalue weighted by atomic mass is 35.5. The van der Waals surface area contributed by atoms with Gasteiger partial charge >= 0.3 is 5.97 Å². The van der Waals surface area contributed by atoms with Crippen LogP contribution in [0.15, 0.2) is 18.5 Å². The first kappa shape index (κ1) is 16.2. The van der Waals surface area contributed by atoms with E-state index >= 15 is 0 Å². The van der Waals surface area contributed by atoms with Crippen molar-refractivity contribution in [2.24, 2.45) is 5.92 Å². The molecule has 1 aromatic rings. The van der Waals surface area contributed by atoms with Gasteiger partial charge in [-0.3, -0.25) is 9.88 Å². The first-order valence-corrected chi connectivity index (χ1v) is 7.54. The second kappa shape index (κ2) is 7.73. The van der Waals surface area contributed by atoms with Crippen LogP contribution in [0.2, 0.25) is 5.02 Å². The average molecular weight is 313 g/mol. The number of esters is 1. The molecular formula is C15H21ClN2O3. The Bertz CT molecular complexity index is 482. The SMILES string of the molecule is CC(C)CN1CCO[C@@H](COC(=O)c2ccncc2Cl)C1. The van der Waals surface area contributed by atoms with Gasteiger partial charge in [0.25, 0.3) is 0 Å². The van der Waals surface area contributed by atoms with Crippen LogP contribution in [0.25, 0.3) is 0 Å². The third kappa shape index (κ3) is 4.95. The molecule has 0 unspecified atom stereocenters. The highest BCUT2D eigenvalue weighted by molar-refractivity contribution is 6.33. The first-order chi connectivity index (χ1) is 10.1. The summed E-state index contributed by atoms with van der Waals surface area (Å²) in [5.41, 5.74) is 0.335. The molecule has 0 bridgehead atoms. The van der Waals surface area contributed by atoms with Gasteiger partial charge in [-0.25, -0.2) is 4.79 Å². The fourth-order valence-corrected chi connectivity index (χ4v) is 2.55. The van der Waals surface area contributed by atoms with Crippen LogP contribution in [0.1, 0.15) is 24.2 Å². The number of nitrogens with zero attached hydrogens (tertiary/aromatic N) is 2. The van der Waals surface area contributed by atoms with Gasteiger partial charge in [0.1, 0.15) is 12.7 Å². The Kier molecular flexibility index (Phi) is 5.96. The van der Waals surface area contributed by atoms with Crippen LogP contribution >= 0.6 is 11.6 Å². The van der Waals surface area contributed by atoms with Crippen LogP contribution in [0.5, 0.6) is 0 Å². The molecule has 0 aromatic carbocycles. The van der Waals surface area contributed by atoms with Gasteiger partial charge in [0.2, 0.25) is 0 Å². The molecule has 21 heavy (non-hydrogen) atoms. The quantitative estimate of drug-likeness (QED) is 0.781. The van der Waals surface area contributed by atoms with E-state index in [-0.39, 0.29) is 12.7 Å². The van der Waals surface area contributed by atoms with E-state index in [4.69, 9.17) is 21.1 Å². The Morgan fingerprint density at radius 1 is 1.62 bits per heavy atom. The number of halogens is 1. The molecule has 2 heterocycles. The number of aromatic nitrogens is 1. The molecule has 116 valence electrons. The highest BCUT2D eigenvalue weighted by Gasteiger charge is 2.23. The number of ether oxygens (including phenoxy) is 2. The van der Waals surface area contributed by atoms with Gasteiger partial charge in [0.05, 0.1) is 17.2 Å². The van der Waals surface area contributed by atoms with Gasteiger partial charge in [-0.2, -0.15) is 0 Å². The van der Waals surface area contributed by atoms with Crippen molar-refractivity contribution >= 4 is 17.6 Å². The van der Waals surface area contributed by atoms with Crippen molar-refractivity contribution in [3.05, 3.63) is 29.0 Å². The largest absolute Gasteiger partial charge is 0.459 e. The van der Waals surface area contributed by atoms with Crippen molar-refractivity contribution in [3.63, 3.8) is 0 Å². The lowest BCUT2D eigenvalue weighted by molar-refractivity contribution is -0.0612. The van der Waals surface area contributed by atoms with E-state index in [9.17, 15) is 4.79 Å². The van der Waals surface area contributed by atoms with Crippen LogP contribution in [-0.2, 0) is 9.47 Å². The number of pyridine rings is 1. The summed E-state index contributed by atoms with van der Waals surface area (Å²) < 4.78 is 10.9. The third-order valence-electron chi connectivity index (χ3n) is 3.24. The highest BCUT2D eigenvalue weighted by Crippen LogP contribution is 2.15. The van der Waals surface area contributed by atoms with Crippen LogP contribution in [0, 0.1) is 5.92 Å². The maximum Gasteiger partial charge on any atom is 0.339 e. The predicted octanol–water partition coefficient (Wildman–Crippen LogP) is 2.25. The minimum Gasteiger partial charge on any atom is -0.459 e. The van der Waals surface area contributed by atoms with Gasteiger partial charge in [0.15, 0.2) is 0 Å². The zero-order valence-electron chi connectivity index (χ0n) is 12.4. The van der Waals surface area contributed by atoms with Gasteiger partial charge in [-0.05, 0) is 12.0 Å². The number of carbonyl (C=O) groups excluding carboxylic acids is 1. The third-order valence-corrected chi connectivity index (χ3v) is 3.54. The smallest absolute Gasteiger partial charge is 0.339 e. The summed E-state index contributed by atoms with van der Waals surface area (Å²) in [6.45, 7) is 8.04. The van der Waals surface area contributed by atoms with Crippen molar-refractivity contribution < 1.29 is 14.3 Å². The molecule has 0 N–H and O–H groups in total. The zero-order chi connectivity index (χ0) is 15.2. The Balaban J connectivity index is 1.82. The minimum atomic E-state index is -0.438. The molecule has 1 atom stereocenters. The molecule has 0 spiro atoms. The second-order valence-corrected chi connectivity index (χ2v) is 6.01. The summed E-state index contributed by atoms with van der Waals surface area (Å²) in [5, 5.41) is 0.300. The van der Waals surface area contributed by atoms with Crippen molar-refractivity contribution in [2.75, 3.05) is 32.8 Å². The van der Waals surface area contributed by atoms with E-state index in [0.717, 1.165) is 19.6 Å². The van der Waals surface area contributed by atoms with E-state index in [2.05, 4.69) is 23.7 Å². The Hall–Kier alpha value is -1.17. The monoisotopic (exact) mass is 312 g/mol. The standard InChI is InChI=1S/C15H21ClN2O3/c1-11(2)8-18-5-6-20-12(9-18)10-21-15(19)13-3-4-17-7-14(13)16/h3-4,7,11-12H,5-6,8-10H2,1-2H3/t12-/m1/s1. The molecule has 0 aliphatic carbocycles. The molecular weight excluding hydrogens is 292 g/mol. The Labute approximate surface area is 130 Å². The maximum absolute atomic E-state index is 12.0. The van der Waals surface area contributed by atoms with E-state index < -0.39 is 5.97 Å². The lowest BCUT2D eigenvalue weighted by Gasteiger charge is -2.33. The molecule has 1 aromatic heterocycles. The molecule has 5 nitrogen and oxygen atoms in total. The van der Waals surface area contributed by atoms with Crippen LogP contribution in [-0.4, -0.2) is 54.8 Å². The summed E-state index contributed by atoms with van der Waals surface area (Å²) in [7, 11) is 0. The van der Waals surface area contributed by atoms with Crippen molar-refractivity contribution in [3.8, 4) is 0 Å². The maximum atomic E-state index is 12.0. The van der Waals surface area contributed by atoms with E-state index in [1.54, 1.807) is 6.07 Å². The van der Waals surface area contributed by atoms with Crippen LogP contribution < -0.4 is 0 Å². The first-order valence-electron chi connectivity index (χ1n) is 7.17. The van der Waals surface area contributed by atoms with E-state index in [1.165, 1.54) is 12.4 Å². The van der Waals surface area contributed by atoms with E-state index in [0.29, 0.717) is 23.1 Å². The zero-order valence-corrected chi connectivity index (χ0v) is 13.2. The topological polar surface area (TPSA) is 51.7 Å². The van der Waals surface area contributed by atoms with Gasteiger partial charge in [-0.1, -0.05) is 25.4 Å². The average Bonchev–Trinajstić information content (AvgIpc) is 2.45. The lowest BCUT2D eigenvalue weighted by Crippen LogP contribution is -2.45. The molecule has 0 saturated carbocycles. The fourth-order valence-electron chi connectivity index (χ4n) is 2.35. The molecule has 1 aliphatic heterocycles. The Morgan fingerprint density at radius 3 is 3.14 bits per heavy atom. The van der Waals surface area contributed by atoms with Gasteiger partial charge in [-0.15, -0.1) is 0 Å². The molecule has 0 amide bonds. The van der Waals surface area contributed by atoms with E-state index in [1.807, 2.05) is 0 Å². The minimum absolute atomic E-state index is 0.0814. The lowest BCUT2D eigenvalue weighted by atomic mass is 10.2. The molecule has 1 fully saturated rings. The number of hydrogen-bond acceptors (Lipinski definition) is 5. The predicted molar refractivity (Wildman–Crippen MR) is 80.5 cm³/mol. The molecule has 0 radical (unpaired) electrons. The molecule has 1 saturated heterocycles. The summed E-state index contributed by atoms with van der Waals surface area (Å²) in [4.78, 5) is 18.1. The van der Waals surface area contributed by atoms with Gasteiger partial charge < -0.3 is 9.47 Å². The van der Waals surface area contributed by atoms with Crippen molar-refractivity contribution in [1.82, 2.24) is 9.88 Å². The summed E-state index contributed by atoms with van der Waals surface area (Å²) in [6.07, 6.45) is 2.87. The number of hydrogen-bond donors (Lipinski definition) is 0. The summed E-state index contributed by atoms with van der Waals surface area (Å²) >= 11 is 5.92.